The fourth-order valence-corrected chi connectivity index (χ4v) is 4.71. The van der Waals surface area contributed by atoms with Crippen LogP contribution in [0.4, 0.5) is 0 Å². The molecule has 0 bridgehead atoms. The lowest BCUT2D eigenvalue weighted by Crippen LogP contribution is -2.29. The number of halogens is 1. The van der Waals surface area contributed by atoms with Crippen molar-refractivity contribution < 1.29 is 9.21 Å². The van der Waals surface area contributed by atoms with Crippen LogP contribution in [0.3, 0.4) is 0 Å². The van der Waals surface area contributed by atoms with Crippen LogP contribution in [0.2, 0.25) is 0 Å². The second kappa shape index (κ2) is 7.50. The Morgan fingerprint density at radius 2 is 1.68 bits per heavy atom. The van der Waals surface area contributed by atoms with Crippen LogP contribution in [-0.2, 0) is 6.54 Å². The first-order valence-corrected chi connectivity index (χ1v) is 10.9. The molecule has 154 valence electrons. The lowest BCUT2D eigenvalue weighted by molar-refractivity contribution is 0.0714. The number of amides is 1. The van der Waals surface area contributed by atoms with Crippen LogP contribution in [0.1, 0.15) is 44.4 Å². The normalized spacial score (nSPS) is 15.5. The average Bonchev–Trinajstić information content (AvgIpc) is 3.01. The Morgan fingerprint density at radius 3 is 2.39 bits per heavy atom. The number of carbonyl (C=O) groups excluding carboxylic acids is 1. The summed E-state index contributed by atoms with van der Waals surface area (Å²) in [7, 11) is 0. The molecule has 0 fully saturated rings. The Hall–Kier alpha value is -3.18. The minimum absolute atomic E-state index is 0.134. The number of rotatable bonds is 3. The predicted octanol–water partition coefficient (Wildman–Crippen LogP) is 5.92. The van der Waals surface area contributed by atoms with E-state index in [1.54, 1.807) is 4.90 Å². The lowest BCUT2D eigenvalue weighted by Gasteiger charge is -2.25. The zero-order chi connectivity index (χ0) is 21.7. The van der Waals surface area contributed by atoms with E-state index in [4.69, 9.17) is 4.42 Å². The molecule has 3 aromatic carbocycles. The first-order chi connectivity index (χ1) is 14.9. The topological polar surface area (TPSA) is 50.5 Å². The van der Waals surface area contributed by atoms with E-state index in [1.165, 1.54) is 0 Å². The van der Waals surface area contributed by atoms with E-state index in [0.29, 0.717) is 23.1 Å². The van der Waals surface area contributed by atoms with Gasteiger partial charge in [0.05, 0.1) is 17.0 Å². The number of hydrogen-bond donors (Lipinski definition) is 0. The molecule has 5 heteroatoms. The quantitative estimate of drug-likeness (QED) is 0.371. The predicted molar refractivity (Wildman–Crippen MR) is 124 cm³/mol. The van der Waals surface area contributed by atoms with Gasteiger partial charge in [0.15, 0.2) is 5.43 Å². The van der Waals surface area contributed by atoms with Crippen molar-refractivity contribution in [1.82, 2.24) is 4.90 Å². The van der Waals surface area contributed by atoms with Crippen molar-refractivity contribution in [3.63, 3.8) is 0 Å². The molecule has 1 aliphatic heterocycles. The summed E-state index contributed by atoms with van der Waals surface area (Å²) in [6.07, 6.45) is 0. The average molecular weight is 474 g/mol. The van der Waals surface area contributed by atoms with Gasteiger partial charge in [-0.15, -0.1) is 0 Å². The monoisotopic (exact) mass is 473 g/mol. The molecule has 1 amide bonds. The van der Waals surface area contributed by atoms with Crippen molar-refractivity contribution in [3.8, 4) is 0 Å². The molecule has 1 aromatic heterocycles. The summed E-state index contributed by atoms with van der Waals surface area (Å²) in [5.41, 5.74) is 4.47. The molecule has 1 unspecified atom stereocenters. The molecule has 31 heavy (non-hydrogen) atoms. The summed E-state index contributed by atoms with van der Waals surface area (Å²) in [5, 5.41) is 0.542. The van der Waals surface area contributed by atoms with Gasteiger partial charge >= 0.3 is 0 Å². The van der Waals surface area contributed by atoms with Crippen molar-refractivity contribution in [2.24, 2.45) is 0 Å². The molecule has 1 atom stereocenters. The number of aryl methyl sites for hydroxylation is 2. The summed E-state index contributed by atoms with van der Waals surface area (Å²) in [5.74, 6) is -0.115. The summed E-state index contributed by atoms with van der Waals surface area (Å²) in [6.45, 7) is 4.25. The smallest absolute Gasteiger partial charge is 0.291 e. The molecular weight excluding hydrogens is 454 g/mol. The Kier molecular flexibility index (Phi) is 4.78. The minimum Gasteiger partial charge on any atom is -0.450 e. The van der Waals surface area contributed by atoms with Gasteiger partial charge in [-0.05, 0) is 54.3 Å². The zero-order valence-electron chi connectivity index (χ0n) is 17.2. The van der Waals surface area contributed by atoms with E-state index in [-0.39, 0.29) is 17.1 Å². The van der Waals surface area contributed by atoms with Gasteiger partial charge < -0.3 is 9.32 Å². The van der Waals surface area contributed by atoms with E-state index >= 15 is 0 Å². The van der Waals surface area contributed by atoms with Crippen LogP contribution >= 0.6 is 15.9 Å². The molecule has 4 nitrogen and oxygen atoms in total. The summed E-state index contributed by atoms with van der Waals surface area (Å²) in [6, 6.07) is 20.8. The molecule has 0 aliphatic carbocycles. The third-order valence-corrected chi connectivity index (χ3v) is 6.32. The number of carbonyl (C=O) groups is 1. The third-order valence-electron chi connectivity index (χ3n) is 5.79. The summed E-state index contributed by atoms with van der Waals surface area (Å²) in [4.78, 5) is 28.9. The Morgan fingerprint density at radius 1 is 0.968 bits per heavy atom. The van der Waals surface area contributed by atoms with Gasteiger partial charge in [0, 0.05) is 11.0 Å². The molecular formula is C26H20BrNO3. The van der Waals surface area contributed by atoms with Crippen LogP contribution in [-0.4, -0.2) is 10.8 Å². The van der Waals surface area contributed by atoms with Crippen LogP contribution in [0.5, 0.6) is 0 Å². The van der Waals surface area contributed by atoms with E-state index in [2.05, 4.69) is 15.9 Å². The van der Waals surface area contributed by atoms with Crippen molar-refractivity contribution in [2.45, 2.75) is 26.4 Å². The Bertz CT molecular complexity index is 1370. The molecule has 5 rings (SSSR count). The standard InChI is InChI=1S/C26H20BrNO3/c1-15-12-16(2)21-20(13-15)31-25-22(24(21)29)23(18-8-10-19(27)11-9-18)28(26(25)30)14-17-6-4-3-5-7-17/h3-13,23H,14H2,1-2H3. The van der Waals surface area contributed by atoms with Gasteiger partial charge in [0.25, 0.3) is 5.91 Å². The SMILES string of the molecule is Cc1cc(C)c2c(=O)c3c(oc2c1)C(=O)N(Cc1ccccc1)C3c1ccc(Br)cc1. The number of benzene rings is 3. The van der Waals surface area contributed by atoms with Crippen molar-refractivity contribution in [3.05, 3.63) is 115 Å². The van der Waals surface area contributed by atoms with Crippen LogP contribution in [0.25, 0.3) is 11.0 Å². The van der Waals surface area contributed by atoms with Crippen LogP contribution in [0, 0.1) is 13.8 Å². The second-order valence-electron chi connectivity index (χ2n) is 8.00. The maximum Gasteiger partial charge on any atom is 0.291 e. The van der Waals surface area contributed by atoms with Gasteiger partial charge in [-0.3, -0.25) is 9.59 Å². The van der Waals surface area contributed by atoms with E-state index in [1.807, 2.05) is 80.6 Å². The van der Waals surface area contributed by atoms with Gasteiger partial charge in [0.2, 0.25) is 5.76 Å². The number of nitrogens with zero attached hydrogens (tertiary/aromatic N) is 1. The highest BCUT2D eigenvalue weighted by atomic mass is 79.9. The molecule has 0 N–H and O–H groups in total. The van der Waals surface area contributed by atoms with Crippen LogP contribution in [0.15, 0.2) is 80.4 Å². The molecule has 1 aliphatic rings. The minimum atomic E-state index is -0.503. The molecule has 0 spiro atoms. The lowest BCUT2D eigenvalue weighted by atomic mass is 9.97. The Labute approximate surface area is 188 Å². The number of hydrogen-bond acceptors (Lipinski definition) is 3. The largest absolute Gasteiger partial charge is 0.450 e. The first-order valence-electron chi connectivity index (χ1n) is 10.1. The van der Waals surface area contributed by atoms with Gasteiger partial charge in [0.1, 0.15) is 5.58 Å². The third kappa shape index (κ3) is 3.29. The van der Waals surface area contributed by atoms with Crippen molar-refractivity contribution >= 4 is 32.8 Å². The highest BCUT2D eigenvalue weighted by molar-refractivity contribution is 9.10. The fraction of sp³-hybridized carbons (Fsp3) is 0.154. The van der Waals surface area contributed by atoms with Crippen LogP contribution < -0.4 is 5.43 Å². The van der Waals surface area contributed by atoms with Crippen molar-refractivity contribution in [1.29, 1.82) is 0 Å². The van der Waals surface area contributed by atoms with E-state index in [9.17, 15) is 9.59 Å². The summed E-state index contributed by atoms with van der Waals surface area (Å²) >= 11 is 3.47. The van der Waals surface area contributed by atoms with E-state index in [0.717, 1.165) is 26.7 Å². The highest BCUT2D eigenvalue weighted by Crippen LogP contribution is 2.39. The molecule has 0 saturated heterocycles. The van der Waals surface area contributed by atoms with E-state index < -0.39 is 6.04 Å². The fourth-order valence-electron chi connectivity index (χ4n) is 4.45. The molecule has 0 radical (unpaired) electrons. The highest BCUT2D eigenvalue weighted by Gasteiger charge is 2.42. The summed E-state index contributed by atoms with van der Waals surface area (Å²) < 4.78 is 7.04. The van der Waals surface area contributed by atoms with Gasteiger partial charge in [-0.25, -0.2) is 0 Å². The maximum absolute atomic E-state index is 13.7. The molecule has 4 aromatic rings. The van der Waals surface area contributed by atoms with Gasteiger partial charge in [-0.2, -0.15) is 0 Å². The second-order valence-corrected chi connectivity index (χ2v) is 8.92. The number of fused-ring (bicyclic) bond motifs is 2. The molecule has 2 heterocycles. The Balaban J connectivity index is 1.76. The van der Waals surface area contributed by atoms with Gasteiger partial charge in [-0.1, -0.05) is 64.5 Å². The zero-order valence-corrected chi connectivity index (χ0v) is 18.8. The maximum atomic E-state index is 13.7. The first kappa shape index (κ1) is 19.8. The van der Waals surface area contributed by atoms with Crippen molar-refractivity contribution in [2.75, 3.05) is 0 Å². The molecule has 0 saturated carbocycles.